The van der Waals surface area contributed by atoms with E-state index in [1.54, 1.807) is 0 Å². The van der Waals surface area contributed by atoms with Crippen LogP contribution in [-0.4, -0.2) is 13.1 Å². The van der Waals surface area contributed by atoms with E-state index in [9.17, 15) is 8.78 Å². The lowest BCUT2D eigenvalue weighted by Crippen LogP contribution is -2.48. The van der Waals surface area contributed by atoms with E-state index < -0.39 is 11.6 Å². The topological polar surface area (TPSA) is 12.0 Å². The molecular weight excluding hydrogens is 244 g/mol. The van der Waals surface area contributed by atoms with Gasteiger partial charge in [0.1, 0.15) is 11.6 Å². The maximum atomic E-state index is 13.4. The molecule has 2 rings (SSSR count). The Hall–Kier alpha value is -0.960. The SMILES string of the molecule is CCCC1CC(CNCC)(c2cc(F)cc(F)c2)C1. The molecule has 1 nitrogen and oxygen atoms in total. The molecule has 0 saturated heterocycles. The molecule has 0 aromatic heterocycles. The van der Waals surface area contributed by atoms with E-state index in [1.807, 2.05) is 0 Å². The molecular formula is C16H23F2N. The summed E-state index contributed by atoms with van der Waals surface area (Å²) < 4.78 is 26.9. The average molecular weight is 267 g/mol. The van der Waals surface area contributed by atoms with E-state index in [0.717, 1.165) is 37.6 Å². The molecule has 1 aliphatic rings. The van der Waals surface area contributed by atoms with Gasteiger partial charge in [0.15, 0.2) is 0 Å². The van der Waals surface area contributed by atoms with Gasteiger partial charge in [0.2, 0.25) is 0 Å². The van der Waals surface area contributed by atoms with Crippen molar-refractivity contribution in [3.8, 4) is 0 Å². The minimum Gasteiger partial charge on any atom is -0.316 e. The van der Waals surface area contributed by atoms with Gasteiger partial charge in [0, 0.05) is 18.0 Å². The van der Waals surface area contributed by atoms with Crippen LogP contribution in [0.3, 0.4) is 0 Å². The Kier molecular flexibility index (Phi) is 4.56. The summed E-state index contributed by atoms with van der Waals surface area (Å²) in [6.07, 6.45) is 4.47. The first-order valence-corrected chi connectivity index (χ1v) is 7.27. The summed E-state index contributed by atoms with van der Waals surface area (Å²) in [6.45, 7) is 5.94. The Bertz CT molecular complexity index is 405. The quantitative estimate of drug-likeness (QED) is 0.820. The van der Waals surface area contributed by atoms with E-state index in [0.29, 0.717) is 5.92 Å². The molecule has 3 heteroatoms. The monoisotopic (exact) mass is 267 g/mol. The van der Waals surface area contributed by atoms with E-state index in [2.05, 4.69) is 19.2 Å². The first-order valence-electron chi connectivity index (χ1n) is 7.27. The van der Waals surface area contributed by atoms with Crippen LogP contribution in [0.15, 0.2) is 18.2 Å². The second-order valence-corrected chi connectivity index (χ2v) is 5.78. The molecule has 1 aliphatic carbocycles. The number of nitrogens with one attached hydrogen (secondary N) is 1. The standard InChI is InChI=1S/C16H23F2N/c1-3-5-12-9-16(10-12,11-19-4-2)13-6-14(17)8-15(18)7-13/h6-8,12,19H,3-5,9-11H2,1-2H3. The molecule has 0 spiro atoms. The van der Waals surface area contributed by atoms with Crippen LogP contribution >= 0.6 is 0 Å². The second-order valence-electron chi connectivity index (χ2n) is 5.78. The number of halogens is 2. The lowest BCUT2D eigenvalue weighted by molar-refractivity contribution is 0.128. The maximum Gasteiger partial charge on any atom is 0.126 e. The molecule has 1 aromatic carbocycles. The largest absolute Gasteiger partial charge is 0.316 e. The highest BCUT2D eigenvalue weighted by atomic mass is 19.1. The summed E-state index contributed by atoms with van der Waals surface area (Å²) in [7, 11) is 0. The van der Waals surface area contributed by atoms with Crippen molar-refractivity contribution >= 4 is 0 Å². The lowest BCUT2D eigenvalue weighted by atomic mass is 9.57. The van der Waals surface area contributed by atoms with Gasteiger partial charge in [-0.3, -0.25) is 0 Å². The first-order chi connectivity index (χ1) is 9.09. The van der Waals surface area contributed by atoms with Crippen molar-refractivity contribution in [2.24, 2.45) is 5.92 Å². The zero-order chi connectivity index (χ0) is 13.9. The van der Waals surface area contributed by atoms with E-state index in [-0.39, 0.29) is 5.41 Å². The summed E-state index contributed by atoms with van der Waals surface area (Å²) in [5.41, 5.74) is 0.747. The fraction of sp³-hybridized carbons (Fsp3) is 0.625. The van der Waals surface area contributed by atoms with Crippen molar-refractivity contribution in [1.29, 1.82) is 0 Å². The molecule has 0 bridgehead atoms. The highest BCUT2D eigenvalue weighted by Gasteiger charge is 2.44. The van der Waals surface area contributed by atoms with Crippen LogP contribution in [-0.2, 0) is 5.41 Å². The van der Waals surface area contributed by atoms with Crippen LogP contribution in [0.4, 0.5) is 8.78 Å². The molecule has 0 unspecified atom stereocenters. The minimum atomic E-state index is -0.468. The Morgan fingerprint density at radius 1 is 1.16 bits per heavy atom. The van der Waals surface area contributed by atoms with Crippen molar-refractivity contribution in [2.75, 3.05) is 13.1 Å². The average Bonchev–Trinajstić information content (AvgIpc) is 2.30. The third kappa shape index (κ3) is 3.14. The lowest BCUT2D eigenvalue weighted by Gasteiger charge is -2.49. The van der Waals surface area contributed by atoms with Crippen LogP contribution in [0.2, 0.25) is 0 Å². The van der Waals surface area contributed by atoms with Gasteiger partial charge in [-0.05, 0) is 43.0 Å². The Balaban J connectivity index is 2.18. The summed E-state index contributed by atoms with van der Waals surface area (Å²) in [4.78, 5) is 0. The van der Waals surface area contributed by atoms with Gasteiger partial charge in [-0.1, -0.05) is 26.7 Å². The van der Waals surface area contributed by atoms with Gasteiger partial charge in [0.05, 0.1) is 0 Å². The highest BCUT2D eigenvalue weighted by Crippen LogP contribution is 2.49. The second kappa shape index (κ2) is 6.00. The van der Waals surface area contributed by atoms with Gasteiger partial charge >= 0.3 is 0 Å². The van der Waals surface area contributed by atoms with Crippen LogP contribution in [0, 0.1) is 17.6 Å². The highest BCUT2D eigenvalue weighted by molar-refractivity contribution is 5.31. The number of rotatable bonds is 6. The molecule has 0 heterocycles. The predicted molar refractivity (Wildman–Crippen MR) is 74.2 cm³/mol. The number of likely N-dealkylation sites (N-methyl/N-ethyl adjacent to an activating group) is 1. The van der Waals surface area contributed by atoms with Crippen molar-refractivity contribution < 1.29 is 8.78 Å². The number of hydrogen-bond acceptors (Lipinski definition) is 1. The van der Waals surface area contributed by atoms with Gasteiger partial charge in [-0.25, -0.2) is 8.78 Å². The van der Waals surface area contributed by atoms with Crippen molar-refractivity contribution in [3.63, 3.8) is 0 Å². The molecule has 0 aliphatic heterocycles. The maximum absolute atomic E-state index is 13.4. The van der Waals surface area contributed by atoms with Crippen LogP contribution in [0.25, 0.3) is 0 Å². The van der Waals surface area contributed by atoms with Crippen LogP contribution in [0.1, 0.15) is 45.1 Å². The molecule has 1 aromatic rings. The molecule has 0 atom stereocenters. The van der Waals surface area contributed by atoms with Crippen LogP contribution < -0.4 is 5.32 Å². The molecule has 0 radical (unpaired) electrons. The van der Waals surface area contributed by atoms with E-state index >= 15 is 0 Å². The summed E-state index contributed by atoms with van der Waals surface area (Å²) in [6, 6.07) is 3.96. The smallest absolute Gasteiger partial charge is 0.126 e. The molecule has 106 valence electrons. The molecule has 1 saturated carbocycles. The molecule has 19 heavy (non-hydrogen) atoms. The van der Waals surface area contributed by atoms with Crippen molar-refractivity contribution in [2.45, 2.75) is 44.9 Å². The third-order valence-corrected chi connectivity index (χ3v) is 4.24. The fourth-order valence-corrected chi connectivity index (χ4v) is 3.36. The first kappa shape index (κ1) is 14.4. The van der Waals surface area contributed by atoms with Crippen molar-refractivity contribution in [1.82, 2.24) is 5.32 Å². The Morgan fingerprint density at radius 2 is 1.79 bits per heavy atom. The molecule has 0 amide bonds. The van der Waals surface area contributed by atoms with Crippen LogP contribution in [0.5, 0.6) is 0 Å². The zero-order valence-corrected chi connectivity index (χ0v) is 11.8. The molecule has 1 N–H and O–H groups in total. The van der Waals surface area contributed by atoms with Crippen molar-refractivity contribution in [3.05, 3.63) is 35.4 Å². The summed E-state index contributed by atoms with van der Waals surface area (Å²) in [5, 5.41) is 3.35. The fourth-order valence-electron chi connectivity index (χ4n) is 3.36. The van der Waals surface area contributed by atoms with E-state index in [4.69, 9.17) is 0 Å². The van der Waals surface area contributed by atoms with Gasteiger partial charge in [0.25, 0.3) is 0 Å². The predicted octanol–water partition coefficient (Wildman–Crippen LogP) is 4.02. The molecule has 1 fully saturated rings. The van der Waals surface area contributed by atoms with Gasteiger partial charge in [-0.15, -0.1) is 0 Å². The minimum absolute atomic E-state index is 0.0706. The zero-order valence-electron chi connectivity index (χ0n) is 11.8. The Labute approximate surface area is 114 Å². The van der Waals surface area contributed by atoms with E-state index in [1.165, 1.54) is 25.0 Å². The number of benzene rings is 1. The normalized spacial score (nSPS) is 26.2. The number of hydrogen-bond donors (Lipinski definition) is 1. The summed E-state index contributed by atoms with van der Waals surface area (Å²) >= 11 is 0. The van der Waals surface area contributed by atoms with Gasteiger partial charge < -0.3 is 5.32 Å². The third-order valence-electron chi connectivity index (χ3n) is 4.24. The Morgan fingerprint density at radius 3 is 2.32 bits per heavy atom. The summed E-state index contributed by atoms with van der Waals surface area (Å²) in [5.74, 6) is -0.232. The van der Waals surface area contributed by atoms with Gasteiger partial charge in [-0.2, -0.15) is 0 Å².